The van der Waals surface area contributed by atoms with E-state index in [0.717, 1.165) is 12.8 Å². The fourth-order valence-corrected chi connectivity index (χ4v) is 2.43. The van der Waals surface area contributed by atoms with Gasteiger partial charge in [-0.05, 0) is 38.8 Å². The van der Waals surface area contributed by atoms with Crippen molar-refractivity contribution in [3.8, 4) is 11.5 Å². The van der Waals surface area contributed by atoms with Gasteiger partial charge in [-0.1, -0.05) is 28.9 Å². The van der Waals surface area contributed by atoms with E-state index in [1.54, 1.807) is 13.8 Å². The molecule has 0 saturated carbocycles. The first-order chi connectivity index (χ1) is 8.92. The van der Waals surface area contributed by atoms with E-state index in [9.17, 15) is 4.79 Å². The molecule has 4 heteroatoms. The molecule has 1 aliphatic heterocycles. The van der Waals surface area contributed by atoms with Crippen molar-refractivity contribution in [3.63, 3.8) is 0 Å². The lowest BCUT2D eigenvalue weighted by atomic mass is 9.99. The lowest BCUT2D eigenvalue weighted by molar-refractivity contribution is 0.0683. The van der Waals surface area contributed by atoms with Gasteiger partial charge in [-0.2, -0.15) is 0 Å². The number of ether oxygens (including phenoxy) is 2. The maximum atomic E-state index is 12.3. The summed E-state index contributed by atoms with van der Waals surface area (Å²) < 4.78 is 11.4. The van der Waals surface area contributed by atoms with E-state index in [0.29, 0.717) is 28.5 Å². The smallest absolute Gasteiger partial charge is 0.213 e. The van der Waals surface area contributed by atoms with Gasteiger partial charge in [0, 0.05) is 4.83 Å². The van der Waals surface area contributed by atoms with Gasteiger partial charge in [0.25, 0.3) is 0 Å². The Morgan fingerprint density at radius 1 is 1.42 bits per heavy atom. The van der Waals surface area contributed by atoms with Crippen LogP contribution >= 0.6 is 15.9 Å². The van der Waals surface area contributed by atoms with Crippen LogP contribution < -0.4 is 9.47 Å². The molecule has 2 rings (SSSR count). The summed E-state index contributed by atoms with van der Waals surface area (Å²) in [6.07, 6.45) is 2.00. The molecule has 0 aromatic heterocycles. The molecule has 104 valence electrons. The van der Waals surface area contributed by atoms with Crippen LogP contribution in [-0.4, -0.2) is 22.8 Å². The molecule has 0 N–H and O–H groups in total. The minimum absolute atomic E-state index is 0.00744. The quantitative estimate of drug-likeness (QED) is 0.606. The molecule has 0 spiro atoms. The van der Waals surface area contributed by atoms with Gasteiger partial charge >= 0.3 is 0 Å². The van der Waals surface area contributed by atoms with Gasteiger partial charge in [-0.25, -0.2) is 0 Å². The number of carbonyl (C=O) groups excluding carboxylic acids is 1. The number of hydrogen-bond donors (Lipinski definition) is 0. The Hall–Kier alpha value is -1.03. The monoisotopic (exact) mass is 326 g/mol. The Morgan fingerprint density at radius 3 is 2.84 bits per heavy atom. The van der Waals surface area contributed by atoms with Gasteiger partial charge in [-0.15, -0.1) is 0 Å². The summed E-state index contributed by atoms with van der Waals surface area (Å²) in [5.74, 6) is 1.25. The fraction of sp³-hybridized carbons (Fsp3) is 0.533. The van der Waals surface area contributed by atoms with Crippen molar-refractivity contribution in [1.82, 2.24) is 0 Å². The topological polar surface area (TPSA) is 35.5 Å². The Labute approximate surface area is 122 Å². The highest BCUT2D eigenvalue weighted by Crippen LogP contribution is 2.40. The van der Waals surface area contributed by atoms with Gasteiger partial charge in [0.05, 0.1) is 6.61 Å². The second-order valence-electron chi connectivity index (χ2n) is 5.34. The largest absolute Gasteiger partial charge is 0.493 e. The second kappa shape index (κ2) is 5.53. The maximum Gasteiger partial charge on any atom is 0.213 e. The number of rotatable bonds is 5. The zero-order valence-electron chi connectivity index (χ0n) is 11.5. The molecule has 0 saturated heterocycles. The van der Waals surface area contributed by atoms with Crippen molar-refractivity contribution in [3.05, 3.63) is 23.8 Å². The summed E-state index contributed by atoms with van der Waals surface area (Å²) in [7, 11) is 0. The Bertz CT molecular complexity index is 480. The van der Waals surface area contributed by atoms with Crippen LogP contribution in [0.15, 0.2) is 18.2 Å². The normalized spacial score (nSPS) is 17.8. The molecule has 19 heavy (non-hydrogen) atoms. The molecule has 1 aliphatic rings. The number of Topliss-reactive ketones (excluding diaryl/α,β-unsaturated/α-hetero) is 1. The van der Waals surface area contributed by atoms with Gasteiger partial charge in [0.2, 0.25) is 5.78 Å². The number of hydrogen-bond acceptors (Lipinski definition) is 3. The van der Waals surface area contributed by atoms with E-state index in [2.05, 4.69) is 22.9 Å². The summed E-state index contributed by atoms with van der Waals surface area (Å²) in [5, 5.41) is 0. The zero-order valence-corrected chi connectivity index (χ0v) is 13.1. The zero-order chi connectivity index (χ0) is 14.0. The van der Waals surface area contributed by atoms with Crippen LogP contribution in [0, 0.1) is 0 Å². The predicted octanol–water partition coefficient (Wildman–Crippen LogP) is 3.98. The van der Waals surface area contributed by atoms with Crippen molar-refractivity contribution in [2.45, 2.75) is 44.0 Å². The molecule has 1 aromatic carbocycles. The number of carbonyl (C=O) groups is 1. The van der Waals surface area contributed by atoms with E-state index in [-0.39, 0.29) is 5.78 Å². The van der Waals surface area contributed by atoms with Crippen LogP contribution in [0.5, 0.6) is 11.5 Å². The lowest BCUT2D eigenvalue weighted by Gasteiger charge is -2.14. The molecule has 1 heterocycles. The average molecular weight is 327 g/mol. The third-order valence-corrected chi connectivity index (χ3v) is 3.59. The van der Waals surface area contributed by atoms with Crippen molar-refractivity contribution >= 4 is 21.7 Å². The van der Waals surface area contributed by atoms with Crippen molar-refractivity contribution < 1.29 is 14.3 Å². The Morgan fingerprint density at radius 2 is 2.16 bits per heavy atom. The molecule has 3 nitrogen and oxygen atoms in total. The molecule has 0 fully saturated rings. The maximum absolute atomic E-state index is 12.3. The van der Waals surface area contributed by atoms with E-state index in [1.165, 1.54) is 0 Å². The number of alkyl halides is 1. The average Bonchev–Trinajstić information content (AvgIpc) is 2.56. The SMILES string of the molecule is CC(Br)CCCOc1cccc2c1C(=O)C(C)(C)O2. The summed E-state index contributed by atoms with van der Waals surface area (Å²) in [6, 6.07) is 5.50. The summed E-state index contributed by atoms with van der Waals surface area (Å²) in [6.45, 7) is 6.29. The molecule has 0 amide bonds. The van der Waals surface area contributed by atoms with Gasteiger partial charge in [0.1, 0.15) is 17.1 Å². The first kappa shape index (κ1) is 14.4. The first-order valence-electron chi connectivity index (χ1n) is 6.55. The number of halogens is 1. The summed E-state index contributed by atoms with van der Waals surface area (Å²) in [4.78, 5) is 12.8. The molecule has 0 radical (unpaired) electrons. The molecular formula is C15H19BrO3. The molecule has 1 atom stereocenters. The predicted molar refractivity (Wildman–Crippen MR) is 78.6 cm³/mol. The van der Waals surface area contributed by atoms with Gasteiger partial charge in [-0.3, -0.25) is 4.79 Å². The molecular weight excluding hydrogens is 308 g/mol. The van der Waals surface area contributed by atoms with Crippen molar-refractivity contribution in [2.75, 3.05) is 6.61 Å². The van der Waals surface area contributed by atoms with Crippen LogP contribution in [0.1, 0.15) is 44.0 Å². The highest BCUT2D eigenvalue weighted by molar-refractivity contribution is 9.09. The molecule has 1 aromatic rings. The van der Waals surface area contributed by atoms with Gasteiger partial charge in [0.15, 0.2) is 5.60 Å². The molecule has 0 aliphatic carbocycles. The standard InChI is InChI=1S/C15H19BrO3/c1-10(16)6-5-9-18-11-7-4-8-12-13(11)14(17)15(2,3)19-12/h4,7-8,10H,5-6,9H2,1-3H3. The number of benzene rings is 1. The second-order valence-corrected chi connectivity index (χ2v) is 6.91. The first-order valence-corrected chi connectivity index (χ1v) is 7.47. The van der Waals surface area contributed by atoms with Crippen LogP contribution in [0.3, 0.4) is 0 Å². The van der Waals surface area contributed by atoms with Crippen LogP contribution in [-0.2, 0) is 0 Å². The van der Waals surface area contributed by atoms with E-state index in [4.69, 9.17) is 9.47 Å². The number of ketones is 1. The summed E-state index contributed by atoms with van der Waals surface area (Å²) >= 11 is 3.51. The van der Waals surface area contributed by atoms with E-state index < -0.39 is 5.60 Å². The highest BCUT2D eigenvalue weighted by Gasteiger charge is 2.41. The third-order valence-electron chi connectivity index (χ3n) is 3.13. The minimum Gasteiger partial charge on any atom is -0.493 e. The summed E-state index contributed by atoms with van der Waals surface area (Å²) in [5.41, 5.74) is -0.203. The Balaban J connectivity index is 2.08. The Kier molecular flexibility index (Phi) is 4.19. The molecule has 1 unspecified atom stereocenters. The highest BCUT2D eigenvalue weighted by atomic mass is 79.9. The van der Waals surface area contributed by atoms with Crippen molar-refractivity contribution in [1.29, 1.82) is 0 Å². The van der Waals surface area contributed by atoms with Gasteiger partial charge < -0.3 is 9.47 Å². The van der Waals surface area contributed by atoms with Crippen LogP contribution in [0.25, 0.3) is 0 Å². The number of fused-ring (bicyclic) bond motifs is 1. The van der Waals surface area contributed by atoms with Crippen LogP contribution in [0.4, 0.5) is 0 Å². The van der Waals surface area contributed by atoms with Crippen LogP contribution in [0.2, 0.25) is 0 Å². The van der Waals surface area contributed by atoms with Crippen molar-refractivity contribution in [2.24, 2.45) is 0 Å². The molecule has 0 bridgehead atoms. The van der Waals surface area contributed by atoms with E-state index in [1.807, 2.05) is 18.2 Å². The fourth-order valence-electron chi connectivity index (χ4n) is 2.11. The third kappa shape index (κ3) is 3.11. The lowest BCUT2D eigenvalue weighted by Crippen LogP contribution is -2.32. The van der Waals surface area contributed by atoms with E-state index >= 15 is 0 Å². The minimum atomic E-state index is -0.786.